The summed E-state index contributed by atoms with van der Waals surface area (Å²) in [5, 5.41) is 7.57. The number of benzene rings is 1. The molecule has 1 N–H and O–H groups in total. The van der Waals surface area contributed by atoms with Gasteiger partial charge in [-0.25, -0.2) is 4.39 Å². The first kappa shape index (κ1) is 15.9. The molecule has 6 heteroatoms. The molecule has 0 spiro atoms. The van der Waals surface area contributed by atoms with Gasteiger partial charge in [0.2, 0.25) is 5.91 Å². The van der Waals surface area contributed by atoms with Gasteiger partial charge in [0.15, 0.2) is 0 Å². The molecule has 2 heterocycles. The van der Waals surface area contributed by atoms with Crippen LogP contribution in [-0.2, 0) is 6.54 Å². The molecule has 0 bridgehead atoms. The van der Waals surface area contributed by atoms with Crippen LogP contribution >= 0.6 is 0 Å². The normalized spacial score (nSPS) is 10.6. The Balaban J connectivity index is 1.86. The van der Waals surface area contributed by atoms with Gasteiger partial charge >= 0.3 is 0 Å². The number of pyridine rings is 1. The molecule has 3 rings (SSSR count). The van der Waals surface area contributed by atoms with Crippen molar-refractivity contribution in [3.8, 4) is 11.3 Å². The van der Waals surface area contributed by atoms with Gasteiger partial charge in [0, 0.05) is 37.0 Å². The molecule has 3 aromatic rings. The first-order chi connectivity index (χ1) is 11.7. The van der Waals surface area contributed by atoms with Crippen molar-refractivity contribution in [3.05, 3.63) is 66.2 Å². The first-order valence-corrected chi connectivity index (χ1v) is 7.69. The fourth-order valence-corrected chi connectivity index (χ4v) is 2.30. The van der Waals surface area contributed by atoms with E-state index in [1.165, 1.54) is 16.8 Å². The average Bonchev–Trinajstić information content (AvgIpc) is 3.05. The predicted octanol–water partition coefficient (Wildman–Crippen LogP) is 3.75. The molecule has 0 aliphatic rings. The summed E-state index contributed by atoms with van der Waals surface area (Å²) in [6, 6.07) is 11.7. The van der Waals surface area contributed by atoms with Crippen LogP contribution in [0.25, 0.3) is 11.3 Å². The monoisotopic (exact) mass is 324 g/mol. The van der Waals surface area contributed by atoms with Gasteiger partial charge in [0.1, 0.15) is 11.6 Å². The lowest BCUT2D eigenvalue weighted by Gasteiger charge is -2.08. The Morgan fingerprint density at radius 3 is 2.71 bits per heavy atom. The summed E-state index contributed by atoms with van der Waals surface area (Å²) in [5.74, 6) is 0.223. The van der Waals surface area contributed by atoms with Crippen molar-refractivity contribution in [1.29, 1.82) is 0 Å². The topological polar surface area (TPSA) is 59.8 Å². The van der Waals surface area contributed by atoms with Gasteiger partial charge < -0.3 is 5.32 Å². The Hall–Kier alpha value is -3.02. The smallest absolute Gasteiger partial charge is 0.248 e. The molecular formula is C18H17FN4O. The average molecular weight is 324 g/mol. The predicted molar refractivity (Wildman–Crippen MR) is 90.1 cm³/mol. The molecule has 0 amide bonds. The van der Waals surface area contributed by atoms with E-state index in [0.29, 0.717) is 24.5 Å². The second kappa shape index (κ2) is 7.04. The number of hydrogen-bond donors (Lipinski definition) is 1. The minimum atomic E-state index is -0.274. The largest absolute Gasteiger partial charge is 0.366 e. The maximum Gasteiger partial charge on any atom is 0.248 e. The summed E-state index contributed by atoms with van der Waals surface area (Å²) in [6.07, 6.45) is 3.73. The number of halogens is 1. The highest BCUT2D eigenvalue weighted by molar-refractivity contribution is 5.82. The lowest BCUT2D eigenvalue weighted by Crippen LogP contribution is -2.15. The molecule has 0 unspecified atom stereocenters. The summed E-state index contributed by atoms with van der Waals surface area (Å²) in [6.45, 7) is 2.26. The molecule has 0 radical (unpaired) electrons. The molecule has 5 nitrogen and oxygen atoms in total. The molecule has 122 valence electrons. The third-order valence-electron chi connectivity index (χ3n) is 3.59. The number of aromatic nitrogens is 3. The summed E-state index contributed by atoms with van der Waals surface area (Å²) in [5.41, 5.74) is 2.42. The minimum Gasteiger partial charge on any atom is -0.366 e. The van der Waals surface area contributed by atoms with Crippen molar-refractivity contribution in [2.75, 3.05) is 5.32 Å². The maximum absolute atomic E-state index is 13.0. The van der Waals surface area contributed by atoms with Crippen molar-refractivity contribution >= 4 is 11.7 Å². The van der Waals surface area contributed by atoms with E-state index in [4.69, 9.17) is 0 Å². The molecule has 0 saturated carbocycles. The molecule has 2 aromatic heterocycles. The van der Waals surface area contributed by atoms with Gasteiger partial charge in [0.25, 0.3) is 0 Å². The fraction of sp³-hybridized carbons (Fsp3) is 0.167. The number of anilines is 1. The highest BCUT2D eigenvalue weighted by atomic mass is 19.1. The Kier molecular flexibility index (Phi) is 4.65. The third-order valence-corrected chi connectivity index (χ3v) is 3.59. The number of carbonyl (C=O) groups is 1. The first-order valence-electron chi connectivity index (χ1n) is 7.69. The summed E-state index contributed by atoms with van der Waals surface area (Å²) in [4.78, 5) is 16.2. The number of nitrogens with one attached hydrogen (secondary N) is 1. The summed E-state index contributed by atoms with van der Waals surface area (Å²) in [7, 11) is 0. The van der Waals surface area contributed by atoms with E-state index in [2.05, 4.69) is 15.4 Å². The molecule has 0 atom stereocenters. The van der Waals surface area contributed by atoms with Gasteiger partial charge in [-0.15, -0.1) is 0 Å². The quantitative estimate of drug-likeness (QED) is 0.776. The Bertz CT molecular complexity index is 828. The van der Waals surface area contributed by atoms with Gasteiger partial charge in [-0.2, -0.15) is 9.78 Å². The van der Waals surface area contributed by atoms with E-state index < -0.39 is 0 Å². The van der Waals surface area contributed by atoms with E-state index >= 15 is 0 Å². The molecule has 0 aliphatic carbocycles. The zero-order chi connectivity index (χ0) is 16.9. The highest BCUT2D eigenvalue weighted by Crippen LogP contribution is 2.22. The van der Waals surface area contributed by atoms with E-state index in [1.54, 1.807) is 31.5 Å². The molecular weight excluding hydrogens is 307 g/mol. The molecule has 0 saturated heterocycles. The van der Waals surface area contributed by atoms with Gasteiger partial charge in [0.05, 0.1) is 5.69 Å². The van der Waals surface area contributed by atoms with Crippen LogP contribution in [0.3, 0.4) is 0 Å². The van der Waals surface area contributed by atoms with Gasteiger partial charge in [-0.05, 0) is 29.8 Å². The van der Waals surface area contributed by atoms with Crippen molar-refractivity contribution < 1.29 is 9.18 Å². The lowest BCUT2D eigenvalue weighted by atomic mass is 10.2. The molecule has 0 fully saturated rings. The van der Waals surface area contributed by atoms with Crippen LogP contribution < -0.4 is 5.32 Å². The van der Waals surface area contributed by atoms with Gasteiger partial charge in [-0.1, -0.05) is 19.1 Å². The Morgan fingerprint density at radius 1 is 1.25 bits per heavy atom. The number of carbonyl (C=O) groups excluding carboxylic acids is 1. The minimum absolute atomic E-state index is 0.105. The van der Waals surface area contributed by atoms with Crippen LogP contribution in [0.4, 0.5) is 10.2 Å². The number of hydrogen-bond acceptors (Lipinski definition) is 4. The van der Waals surface area contributed by atoms with Crippen LogP contribution in [0.5, 0.6) is 0 Å². The highest BCUT2D eigenvalue weighted by Gasteiger charge is 2.14. The van der Waals surface area contributed by atoms with E-state index in [-0.39, 0.29) is 11.7 Å². The number of nitrogens with zero attached hydrogens (tertiary/aromatic N) is 3. The zero-order valence-corrected chi connectivity index (χ0v) is 13.2. The maximum atomic E-state index is 13.0. The third kappa shape index (κ3) is 3.48. The summed E-state index contributed by atoms with van der Waals surface area (Å²) >= 11 is 0. The Morgan fingerprint density at radius 2 is 2.04 bits per heavy atom. The van der Waals surface area contributed by atoms with Crippen LogP contribution in [0, 0.1) is 5.82 Å². The second-order valence-electron chi connectivity index (χ2n) is 5.30. The zero-order valence-electron chi connectivity index (χ0n) is 13.2. The van der Waals surface area contributed by atoms with Crippen molar-refractivity contribution in [3.63, 3.8) is 0 Å². The summed E-state index contributed by atoms with van der Waals surface area (Å²) < 4.78 is 14.3. The Labute approximate surface area is 139 Å². The standard InChI is InChI=1S/C18H17FN4O/c1-2-18(24)23-17(21-11-13-5-7-15(19)8-6-13)10-16(22-23)14-4-3-9-20-12-14/h3-10,12,21H,2,11H2,1H3. The second-order valence-corrected chi connectivity index (χ2v) is 5.30. The molecule has 0 aliphatic heterocycles. The van der Waals surface area contributed by atoms with Crippen LogP contribution in [-0.4, -0.2) is 20.7 Å². The van der Waals surface area contributed by atoms with E-state index in [1.807, 2.05) is 18.2 Å². The van der Waals surface area contributed by atoms with Crippen LogP contribution in [0.1, 0.15) is 23.7 Å². The van der Waals surface area contributed by atoms with Crippen molar-refractivity contribution in [2.45, 2.75) is 19.9 Å². The SMILES string of the molecule is CCC(=O)n1nc(-c2cccnc2)cc1NCc1ccc(F)cc1. The fourth-order valence-electron chi connectivity index (χ4n) is 2.30. The van der Waals surface area contributed by atoms with E-state index in [9.17, 15) is 9.18 Å². The number of rotatable bonds is 5. The molecule has 24 heavy (non-hydrogen) atoms. The van der Waals surface area contributed by atoms with Crippen LogP contribution in [0.15, 0.2) is 54.9 Å². The molecule has 1 aromatic carbocycles. The van der Waals surface area contributed by atoms with Gasteiger partial charge in [-0.3, -0.25) is 9.78 Å². The van der Waals surface area contributed by atoms with Crippen molar-refractivity contribution in [1.82, 2.24) is 14.8 Å². The van der Waals surface area contributed by atoms with Crippen molar-refractivity contribution in [2.24, 2.45) is 0 Å². The van der Waals surface area contributed by atoms with Crippen LogP contribution in [0.2, 0.25) is 0 Å². The van der Waals surface area contributed by atoms with E-state index in [0.717, 1.165) is 11.1 Å². The lowest BCUT2D eigenvalue weighted by molar-refractivity contribution is 0.0896.